The topological polar surface area (TPSA) is 64.6 Å². The van der Waals surface area contributed by atoms with Crippen molar-refractivity contribution in [3.8, 4) is 0 Å². The number of carbonyl (C=O) groups is 1. The van der Waals surface area contributed by atoms with Gasteiger partial charge < -0.3 is 20.6 Å². The van der Waals surface area contributed by atoms with Crippen LogP contribution in [0.4, 0.5) is 14.9 Å². The van der Waals surface area contributed by atoms with Crippen molar-refractivity contribution in [1.82, 2.24) is 10.6 Å². The predicted octanol–water partition coefficient (Wildman–Crippen LogP) is 2.11. The van der Waals surface area contributed by atoms with Gasteiger partial charge in [0.1, 0.15) is 5.82 Å². The number of hydrogen-bond donors (Lipinski definition) is 3. The Morgan fingerprint density at radius 2 is 2.26 bits per heavy atom. The predicted molar refractivity (Wildman–Crippen MR) is 89.0 cm³/mol. The molecule has 1 aliphatic heterocycles. The van der Waals surface area contributed by atoms with Crippen LogP contribution in [0.25, 0.3) is 0 Å². The average molecular weight is 323 g/mol. The smallest absolute Gasteiger partial charge is 0.315 e. The second-order valence-corrected chi connectivity index (χ2v) is 6.33. The van der Waals surface area contributed by atoms with Gasteiger partial charge in [0.05, 0.1) is 0 Å². The Morgan fingerprint density at radius 3 is 2.96 bits per heavy atom. The molecule has 1 saturated heterocycles. The van der Waals surface area contributed by atoms with Gasteiger partial charge in [0, 0.05) is 37.5 Å². The van der Waals surface area contributed by atoms with E-state index in [9.17, 15) is 9.18 Å². The van der Waals surface area contributed by atoms with Gasteiger partial charge in [0.25, 0.3) is 0 Å². The third-order valence-electron chi connectivity index (χ3n) is 4.43. The number of urea groups is 1. The zero-order valence-electron chi connectivity index (χ0n) is 13.8. The van der Waals surface area contributed by atoms with Gasteiger partial charge in [-0.15, -0.1) is 0 Å². The van der Waals surface area contributed by atoms with Crippen LogP contribution in [0.3, 0.4) is 0 Å². The van der Waals surface area contributed by atoms with Gasteiger partial charge in [-0.05, 0) is 43.9 Å². The molecule has 0 bridgehead atoms. The molecular weight excluding hydrogens is 297 g/mol. The Bertz CT molecular complexity index is 526. The van der Waals surface area contributed by atoms with Crippen molar-refractivity contribution < 1.29 is 14.3 Å². The lowest BCUT2D eigenvalue weighted by Crippen LogP contribution is -2.52. The number of hydrogen-bond acceptors (Lipinski definition) is 3. The summed E-state index contributed by atoms with van der Waals surface area (Å²) in [6.07, 6.45) is 1.85. The maximum atomic E-state index is 13.4. The second kappa shape index (κ2) is 8.15. The quantitative estimate of drug-likeness (QED) is 0.777. The third-order valence-corrected chi connectivity index (χ3v) is 4.43. The number of anilines is 1. The lowest BCUT2D eigenvalue weighted by Gasteiger charge is -2.35. The molecule has 3 N–H and O–H groups in total. The van der Waals surface area contributed by atoms with Crippen LogP contribution >= 0.6 is 0 Å². The summed E-state index contributed by atoms with van der Waals surface area (Å²) in [5, 5.41) is 14.9. The molecule has 0 radical (unpaired) electrons. The molecular formula is C17H26FN3O2. The summed E-state index contributed by atoms with van der Waals surface area (Å²) in [5.74, 6) is -0.238. The monoisotopic (exact) mass is 323 g/mol. The van der Waals surface area contributed by atoms with Crippen molar-refractivity contribution in [3.63, 3.8) is 0 Å². The fourth-order valence-electron chi connectivity index (χ4n) is 2.74. The fourth-order valence-corrected chi connectivity index (χ4v) is 2.74. The van der Waals surface area contributed by atoms with E-state index in [4.69, 9.17) is 5.11 Å². The first-order valence-corrected chi connectivity index (χ1v) is 8.18. The van der Waals surface area contributed by atoms with E-state index < -0.39 is 0 Å². The third kappa shape index (κ3) is 5.10. The number of aliphatic hydroxyl groups is 1. The summed E-state index contributed by atoms with van der Waals surface area (Å²) >= 11 is 0. The summed E-state index contributed by atoms with van der Waals surface area (Å²) in [5.41, 5.74) is 0.846. The van der Waals surface area contributed by atoms with E-state index in [1.54, 1.807) is 6.07 Å². The first kappa shape index (κ1) is 17.5. The molecule has 23 heavy (non-hydrogen) atoms. The SMILES string of the molecule is CC(CO)C(C)NC(=O)NC1CCCN(c2cccc(F)c2)C1. The molecule has 5 nitrogen and oxygen atoms in total. The van der Waals surface area contributed by atoms with Crippen molar-refractivity contribution in [2.24, 2.45) is 5.92 Å². The average Bonchev–Trinajstić information content (AvgIpc) is 2.54. The Labute approximate surface area is 136 Å². The standard InChI is InChI=1S/C17H26FN3O2/c1-12(11-22)13(2)19-17(23)20-15-6-4-8-21(10-15)16-7-3-5-14(18)9-16/h3,5,7,9,12-13,15,22H,4,6,8,10-11H2,1-2H3,(H2,19,20,23). The van der Waals surface area contributed by atoms with E-state index in [1.165, 1.54) is 12.1 Å². The number of nitrogens with zero attached hydrogens (tertiary/aromatic N) is 1. The minimum Gasteiger partial charge on any atom is -0.396 e. The van der Waals surface area contributed by atoms with Crippen LogP contribution in [-0.2, 0) is 0 Å². The van der Waals surface area contributed by atoms with Gasteiger partial charge in [0.2, 0.25) is 0 Å². The van der Waals surface area contributed by atoms with Gasteiger partial charge >= 0.3 is 6.03 Å². The van der Waals surface area contributed by atoms with Crippen molar-refractivity contribution in [1.29, 1.82) is 0 Å². The maximum Gasteiger partial charge on any atom is 0.315 e. The number of nitrogens with one attached hydrogen (secondary N) is 2. The number of amides is 2. The lowest BCUT2D eigenvalue weighted by atomic mass is 10.0. The largest absolute Gasteiger partial charge is 0.396 e. The molecule has 3 atom stereocenters. The molecule has 0 spiro atoms. The van der Waals surface area contributed by atoms with E-state index in [0.29, 0.717) is 6.54 Å². The number of benzene rings is 1. The van der Waals surface area contributed by atoms with Crippen molar-refractivity contribution in [2.45, 2.75) is 38.8 Å². The summed E-state index contributed by atoms with van der Waals surface area (Å²) in [6, 6.07) is 6.26. The first-order chi connectivity index (χ1) is 11.0. The van der Waals surface area contributed by atoms with Gasteiger partial charge in [0.15, 0.2) is 0 Å². The molecule has 0 saturated carbocycles. The Balaban J connectivity index is 1.87. The lowest BCUT2D eigenvalue weighted by molar-refractivity contribution is 0.198. The molecule has 2 amide bonds. The molecule has 1 aromatic rings. The van der Waals surface area contributed by atoms with Crippen molar-refractivity contribution in [2.75, 3.05) is 24.6 Å². The van der Waals surface area contributed by atoms with Gasteiger partial charge in [-0.3, -0.25) is 0 Å². The van der Waals surface area contributed by atoms with Crippen molar-refractivity contribution >= 4 is 11.7 Å². The Hall–Kier alpha value is -1.82. The Kier molecular flexibility index (Phi) is 6.21. The zero-order chi connectivity index (χ0) is 16.8. The van der Waals surface area contributed by atoms with Crippen LogP contribution in [-0.4, -0.2) is 42.9 Å². The first-order valence-electron chi connectivity index (χ1n) is 8.18. The summed E-state index contributed by atoms with van der Waals surface area (Å²) in [7, 11) is 0. The van der Waals surface area contributed by atoms with Gasteiger partial charge in [-0.2, -0.15) is 0 Å². The highest BCUT2D eigenvalue weighted by molar-refractivity contribution is 5.74. The number of aliphatic hydroxyl groups excluding tert-OH is 1. The van der Waals surface area contributed by atoms with E-state index in [1.807, 2.05) is 19.9 Å². The molecule has 6 heteroatoms. The second-order valence-electron chi connectivity index (χ2n) is 6.33. The fraction of sp³-hybridized carbons (Fsp3) is 0.588. The highest BCUT2D eigenvalue weighted by Crippen LogP contribution is 2.20. The highest BCUT2D eigenvalue weighted by atomic mass is 19.1. The van der Waals surface area contributed by atoms with Crippen LogP contribution in [0.1, 0.15) is 26.7 Å². The summed E-state index contributed by atoms with van der Waals surface area (Å²) in [6.45, 7) is 5.33. The van der Waals surface area contributed by atoms with Crippen LogP contribution in [0.2, 0.25) is 0 Å². The highest BCUT2D eigenvalue weighted by Gasteiger charge is 2.23. The van der Waals surface area contributed by atoms with Gasteiger partial charge in [-0.1, -0.05) is 13.0 Å². The maximum absolute atomic E-state index is 13.4. The summed E-state index contributed by atoms with van der Waals surface area (Å²) in [4.78, 5) is 14.2. The molecule has 128 valence electrons. The minimum absolute atomic E-state index is 0.0101. The van der Waals surface area contributed by atoms with Crippen LogP contribution < -0.4 is 15.5 Å². The van der Waals surface area contributed by atoms with Gasteiger partial charge in [-0.25, -0.2) is 9.18 Å². The molecule has 1 aliphatic rings. The number of piperidine rings is 1. The van der Waals surface area contributed by atoms with Crippen LogP contribution in [0.15, 0.2) is 24.3 Å². The molecule has 1 aromatic carbocycles. The molecule has 1 heterocycles. The zero-order valence-corrected chi connectivity index (χ0v) is 13.8. The molecule has 3 unspecified atom stereocenters. The van der Waals surface area contributed by atoms with E-state index in [0.717, 1.165) is 25.1 Å². The van der Waals surface area contributed by atoms with E-state index in [-0.39, 0.29) is 36.5 Å². The van der Waals surface area contributed by atoms with E-state index >= 15 is 0 Å². The summed E-state index contributed by atoms with van der Waals surface area (Å²) < 4.78 is 13.4. The molecule has 0 aliphatic carbocycles. The number of halogens is 1. The molecule has 2 rings (SSSR count). The number of carbonyl (C=O) groups excluding carboxylic acids is 1. The van der Waals surface area contributed by atoms with Crippen LogP contribution in [0, 0.1) is 11.7 Å². The molecule has 1 fully saturated rings. The van der Waals surface area contributed by atoms with Crippen LogP contribution in [0.5, 0.6) is 0 Å². The normalized spacial score (nSPS) is 20.7. The minimum atomic E-state index is -0.248. The molecule has 0 aromatic heterocycles. The van der Waals surface area contributed by atoms with E-state index in [2.05, 4.69) is 15.5 Å². The number of rotatable bonds is 5. The van der Waals surface area contributed by atoms with Crippen molar-refractivity contribution in [3.05, 3.63) is 30.1 Å². The Morgan fingerprint density at radius 1 is 1.48 bits per heavy atom.